The fourth-order valence-electron chi connectivity index (χ4n) is 3.37. The standard InChI is InChI=1S/C17H30O5/c1-2-12(18)9-10-14-13(15(19)11-16(14)20)7-5-3-4-6-8-17(21)22/h12-14,16,18,20H,2-11H2,1H3,(H,21,22). The third kappa shape index (κ3) is 6.44. The molecule has 0 spiro atoms. The number of aliphatic carboxylic acids is 1. The highest BCUT2D eigenvalue weighted by Gasteiger charge is 2.40. The molecule has 0 radical (unpaired) electrons. The maximum Gasteiger partial charge on any atom is 0.303 e. The molecule has 1 rings (SSSR count). The summed E-state index contributed by atoms with van der Waals surface area (Å²) in [4.78, 5) is 22.4. The van der Waals surface area contributed by atoms with E-state index in [1.165, 1.54) is 0 Å². The highest BCUT2D eigenvalue weighted by Crippen LogP contribution is 2.36. The monoisotopic (exact) mass is 314 g/mol. The van der Waals surface area contributed by atoms with Gasteiger partial charge in [0.05, 0.1) is 12.2 Å². The van der Waals surface area contributed by atoms with Crippen molar-refractivity contribution >= 4 is 11.8 Å². The lowest BCUT2D eigenvalue weighted by Gasteiger charge is -2.22. The summed E-state index contributed by atoms with van der Waals surface area (Å²) in [6.07, 6.45) is 5.74. The predicted molar refractivity (Wildman–Crippen MR) is 83.5 cm³/mol. The Kier molecular flexibility index (Phi) is 8.64. The van der Waals surface area contributed by atoms with Crippen LogP contribution in [0.2, 0.25) is 0 Å². The fourth-order valence-corrected chi connectivity index (χ4v) is 3.37. The summed E-state index contributed by atoms with van der Waals surface area (Å²) in [6.45, 7) is 1.93. The molecular formula is C17H30O5. The number of carbonyl (C=O) groups is 2. The van der Waals surface area contributed by atoms with Gasteiger partial charge in [0.15, 0.2) is 0 Å². The Labute approximate surface area is 132 Å². The van der Waals surface area contributed by atoms with Gasteiger partial charge in [0.1, 0.15) is 5.78 Å². The Morgan fingerprint density at radius 3 is 2.55 bits per heavy atom. The SMILES string of the molecule is CCC(O)CCC1C(O)CC(=O)C1CCCCCCC(=O)O. The van der Waals surface area contributed by atoms with Crippen LogP contribution in [0.4, 0.5) is 0 Å². The number of unbranched alkanes of at least 4 members (excludes halogenated alkanes) is 3. The van der Waals surface area contributed by atoms with E-state index in [-0.39, 0.29) is 36.6 Å². The van der Waals surface area contributed by atoms with Gasteiger partial charge in [0, 0.05) is 18.8 Å². The van der Waals surface area contributed by atoms with E-state index < -0.39 is 12.1 Å². The Bertz CT molecular complexity index is 355. The molecule has 0 bridgehead atoms. The number of hydrogen-bond acceptors (Lipinski definition) is 4. The van der Waals surface area contributed by atoms with Crippen molar-refractivity contribution in [1.29, 1.82) is 0 Å². The molecule has 0 aromatic heterocycles. The lowest BCUT2D eigenvalue weighted by atomic mass is 9.85. The molecule has 0 aromatic rings. The van der Waals surface area contributed by atoms with Gasteiger partial charge < -0.3 is 15.3 Å². The van der Waals surface area contributed by atoms with E-state index in [1.54, 1.807) is 0 Å². The zero-order valence-electron chi connectivity index (χ0n) is 13.5. The summed E-state index contributed by atoms with van der Waals surface area (Å²) in [5, 5.41) is 28.3. The van der Waals surface area contributed by atoms with Crippen LogP contribution in [0, 0.1) is 11.8 Å². The van der Waals surface area contributed by atoms with Gasteiger partial charge in [-0.3, -0.25) is 9.59 Å². The molecule has 0 heterocycles. The summed E-state index contributed by atoms with van der Waals surface area (Å²) >= 11 is 0. The van der Waals surface area contributed by atoms with E-state index >= 15 is 0 Å². The van der Waals surface area contributed by atoms with Gasteiger partial charge in [0.25, 0.3) is 0 Å². The van der Waals surface area contributed by atoms with E-state index in [1.807, 2.05) is 6.92 Å². The zero-order chi connectivity index (χ0) is 16.5. The van der Waals surface area contributed by atoms with Crippen molar-refractivity contribution in [3.05, 3.63) is 0 Å². The minimum Gasteiger partial charge on any atom is -0.481 e. The van der Waals surface area contributed by atoms with Crippen LogP contribution in [-0.4, -0.2) is 39.3 Å². The molecule has 0 amide bonds. The Morgan fingerprint density at radius 2 is 1.91 bits per heavy atom. The van der Waals surface area contributed by atoms with Gasteiger partial charge >= 0.3 is 5.97 Å². The molecule has 1 saturated carbocycles. The van der Waals surface area contributed by atoms with Crippen LogP contribution in [0.25, 0.3) is 0 Å². The molecule has 22 heavy (non-hydrogen) atoms. The van der Waals surface area contributed by atoms with Crippen LogP contribution in [0.15, 0.2) is 0 Å². The van der Waals surface area contributed by atoms with Gasteiger partial charge in [-0.2, -0.15) is 0 Å². The number of ketones is 1. The van der Waals surface area contributed by atoms with Crippen LogP contribution in [-0.2, 0) is 9.59 Å². The molecule has 1 aliphatic rings. The van der Waals surface area contributed by atoms with E-state index in [2.05, 4.69) is 0 Å². The largest absolute Gasteiger partial charge is 0.481 e. The number of Topliss-reactive ketones (excluding diaryl/α,β-unsaturated/α-hetero) is 1. The summed E-state index contributed by atoms with van der Waals surface area (Å²) in [6, 6.07) is 0. The Morgan fingerprint density at radius 1 is 1.23 bits per heavy atom. The van der Waals surface area contributed by atoms with Gasteiger partial charge in [-0.05, 0) is 38.0 Å². The number of carboxylic acid groups (broad SMARTS) is 1. The topological polar surface area (TPSA) is 94.8 Å². The summed E-state index contributed by atoms with van der Waals surface area (Å²) in [7, 11) is 0. The third-order valence-electron chi connectivity index (χ3n) is 4.80. The van der Waals surface area contributed by atoms with Gasteiger partial charge in [-0.15, -0.1) is 0 Å². The van der Waals surface area contributed by atoms with E-state index in [9.17, 15) is 19.8 Å². The van der Waals surface area contributed by atoms with E-state index in [0.717, 1.165) is 25.7 Å². The lowest BCUT2D eigenvalue weighted by Crippen LogP contribution is -2.22. The van der Waals surface area contributed by atoms with Crippen molar-refractivity contribution < 1.29 is 24.9 Å². The third-order valence-corrected chi connectivity index (χ3v) is 4.80. The van der Waals surface area contributed by atoms with Crippen molar-refractivity contribution in [2.24, 2.45) is 11.8 Å². The number of carbonyl (C=O) groups excluding carboxylic acids is 1. The first-order chi connectivity index (χ1) is 10.5. The number of hydrogen-bond donors (Lipinski definition) is 3. The average molecular weight is 314 g/mol. The number of carboxylic acids is 1. The molecule has 0 aliphatic heterocycles. The number of aliphatic hydroxyl groups is 2. The quantitative estimate of drug-likeness (QED) is 0.509. The Hall–Kier alpha value is -0.940. The molecule has 0 aromatic carbocycles. The van der Waals surface area contributed by atoms with Gasteiger partial charge in [0.2, 0.25) is 0 Å². The van der Waals surface area contributed by atoms with Gasteiger partial charge in [-0.25, -0.2) is 0 Å². The first-order valence-electron chi connectivity index (χ1n) is 8.56. The second kappa shape index (κ2) is 9.95. The predicted octanol–water partition coefficient (Wildman–Crippen LogP) is 2.53. The first-order valence-corrected chi connectivity index (χ1v) is 8.56. The van der Waals surface area contributed by atoms with Crippen molar-refractivity contribution in [1.82, 2.24) is 0 Å². The molecule has 1 fully saturated rings. The second-order valence-electron chi connectivity index (χ2n) is 6.49. The summed E-state index contributed by atoms with van der Waals surface area (Å²) in [5.74, 6) is -0.719. The van der Waals surface area contributed by atoms with Crippen LogP contribution < -0.4 is 0 Å². The highest BCUT2D eigenvalue weighted by molar-refractivity contribution is 5.84. The minimum absolute atomic E-state index is 0.0206. The van der Waals surface area contributed by atoms with Crippen molar-refractivity contribution in [2.75, 3.05) is 0 Å². The minimum atomic E-state index is -0.761. The van der Waals surface area contributed by atoms with Crippen LogP contribution >= 0.6 is 0 Å². The van der Waals surface area contributed by atoms with E-state index in [0.29, 0.717) is 25.7 Å². The second-order valence-corrected chi connectivity index (χ2v) is 6.49. The van der Waals surface area contributed by atoms with Crippen LogP contribution in [0.5, 0.6) is 0 Å². The van der Waals surface area contributed by atoms with Crippen molar-refractivity contribution in [2.45, 2.75) is 83.3 Å². The number of rotatable bonds is 11. The molecule has 128 valence electrons. The lowest BCUT2D eigenvalue weighted by molar-refractivity contribution is -0.137. The fraction of sp³-hybridized carbons (Fsp3) is 0.882. The van der Waals surface area contributed by atoms with Gasteiger partial charge in [-0.1, -0.05) is 26.2 Å². The molecular weight excluding hydrogens is 284 g/mol. The zero-order valence-corrected chi connectivity index (χ0v) is 13.5. The molecule has 4 atom stereocenters. The number of aliphatic hydroxyl groups excluding tert-OH is 2. The molecule has 3 N–H and O–H groups in total. The molecule has 0 saturated heterocycles. The Balaban J connectivity index is 2.31. The smallest absolute Gasteiger partial charge is 0.303 e. The van der Waals surface area contributed by atoms with Crippen LogP contribution in [0.1, 0.15) is 71.1 Å². The highest BCUT2D eigenvalue weighted by atomic mass is 16.4. The molecule has 4 unspecified atom stereocenters. The first kappa shape index (κ1) is 19.1. The van der Waals surface area contributed by atoms with E-state index in [4.69, 9.17) is 5.11 Å². The maximum absolute atomic E-state index is 12.0. The van der Waals surface area contributed by atoms with Crippen molar-refractivity contribution in [3.63, 3.8) is 0 Å². The molecule has 5 heteroatoms. The normalized spacial score (nSPS) is 26.3. The summed E-state index contributed by atoms with van der Waals surface area (Å²) < 4.78 is 0. The maximum atomic E-state index is 12.0. The van der Waals surface area contributed by atoms with Crippen LogP contribution in [0.3, 0.4) is 0 Å². The molecule has 1 aliphatic carbocycles. The molecule has 5 nitrogen and oxygen atoms in total. The average Bonchev–Trinajstić information content (AvgIpc) is 2.73. The summed E-state index contributed by atoms with van der Waals surface area (Å²) in [5.41, 5.74) is 0. The van der Waals surface area contributed by atoms with Crippen molar-refractivity contribution in [3.8, 4) is 0 Å².